The standard InChI is InChI=1S/C12H9ClFNO4S2/c1-6-4-20-10(15-6)5-21(18,19)9-3-7(13)2-8(11(9)14)12(16)17/h2-4H,5H2,1H3,(H,16,17). The monoisotopic (exact) mass is 349 g/mol. The summed E-state index contributed by atoms with van der Waals surface area (Å²) in [7, 11) is -4.08. The number of sulfone groups is 1. The van der Waals surface area contributed by atoms with Crippen LogP contribution in [0.15, 0.2) is 22.4 Å². The van der Waals surface area contributed by atoms with Crippen LogP contribution >= 0.6 is 22.9 Å². The van der Waals surface area contributed by atoms with Crippen molar-refractivity contribution in [2.45, 2.75) is 17.6 Å². The zero-order chi connectivity index (χ0) is 15.8. The lowest BCUT2D eigenvalue weighted by Gasteiger charge is -2.07. The van der Waals surface area contributed by atoms with Crippen molar-refractivity contribution in [3.8, 4) is 0 Å². The number of aryl methyl sites for hydroxylation is 1. The SMILES string of the molecule is Cc1csc(CS(=O)(=O)c2cc(Cl)cc(C(=O)O)c2F)n1. The van der Waals surface area contributed by atoms with Crippen molar-refractivity contribution in [1.82, 2.24) is 4.98 Å². The third-order valence-electron chi connectivity index (χ3n) is 2.55. The number of hydrogen-bond acceptors (Lipinski definition) is 5. The minimum Gasteiger partial charge on any atom is -0.478 e. The lowest BCUT2D eigenvalue weighted by atomic mass is 10.2. The van der Waals surface area contributed by atoms with E-state index in [1.807, 2.05) is 0 Å². The van der Waals surface area contributed by atoms with E-state index < -0.39 is 37.8 Å². The van der Waals surface area contributed by atoms with Crippen molar-refractivity contribution in [1.29, 1.82) is 0 Å². The molecule has 1 aromatic carbocycles. The molecule has 0 saturated heterocycles. The fourth-order valence-electron chi connectivity index (χ4n) is 1.66. The first-order valence-corrected chi connectivity index (χ1v) is 8.48. The second-order valence-electron chi connectivity index (χ2n) is 4.21. The van der Waals surface area contributed by atoms with Crippen molar-refractivity contribution in [2.24, 2.45) is 0 Å². The Kier molecular flexibility index (Phi) is 4.31. The van der Waals surface area contributed by atoms with Gasteiger partial charge in [0, 0.05) is 16.1 Å². The van der Waals surface area contributed by atoms with E-state index >= 15 is 0 Å². The van der Waals surface area contributed by atoms with Gasteiger partial charge in [-0.15, -0.1) is 11.3 Å². The van der Waals surface area contributed by atoms with Gasteiger partial charge in [-0.05, 0) is 19.1 Å². The predicted octanol–water partition coefficient (Wildman–Crippen LogP) is 2.92. The first-order valence-electron chi connectivity index (χ1n) is 5.57. The second-order valence-corrected chi connectivity index (χ2v) is 7.55. The van der Waals surface area contributed by atoms with E-state index in [4.69, 9.17) is 16.7 Å². The summed E-state index contributed by atoms with van der Waals surface area (Å²) in [6.07, 6.45) is 0. The molecule has 0 fully saturated rings. The van der Waals surface area contributed by atoms with Gasteiger partial charge >= 0.3 is 5.97 Å². The van der Waals surface area contributed by atoms with Crippen molar-refractivity contribution in [3.63, 3.8) is 0 Å². The third kappa shape index (κ3) is 3.39. The van der Waals surface area contributed by atoms with Gasteiger partial charge in [-0.1, -0.05) is 11.6 Å². The van der Waals surface area contributed by atoms with Crippen molar-refractivity contribution in [3.05, 3.63) is 44.6 Å². The van der Waals surface area contributed by atoms with Crippen LogP contribution in [0.25, 0.3) is 0 Å². The fraction of sp³-hybridized carbons (Fsp3) is 0.167. The average molecular weight is 350 g/mol. The van der Waals surface area contributed by atoms with Crippen LogP contribution in [-0.2, 0) is 15.6 Å². The highest BCUT2D eigenvalue weighted by Gasteiger charge is 2.26. The summed E-state index contributed by atoms with van der Waals surface area (Å²) in [6, 6.07) is 1.77. The maximum absolute atomic E-state index is 14.1. The summed E-state index contributed by atoms with van der Waals surface area (Å²) in [5, 5.41) is 10.7. The summed E-state index contributed by atoms with van der Waals surface area (Å²) >= 11 is 6.80. The number of aromatic carboxylic acids is 1. The molecule has 0 spiro atoms. The lowest BCUT2D eigenvalue weighted by molar-refractivity contribution is 0.0691. The van der Waals surface area contributed by atoms with Crippen LogP contribution in [0.5, 0.6) is 0 Å². The lowest BCUT2D eigenvalue weighted by Crippen LogP contribution is -2.11. The third-order valence-corrected chi connectivity index (χ3v) is 5.54. The van der Waals surface area contributed by atoms with E-state index in [9.17, 15) is 17.6 Å². The van der Waals surface area contributed by atoms with Crippen LogP contribution < -0.4 is 0 Å². The first kappa shape index (κ1) is 15.9. The van der Waals surface area contributed by atoms with Crippen molar-refractivity contribution < 1.29 is 22.7 Å². The first-order chi connectivity index (χ1) is 9.70. The number of halogens is 2. The van der Waals surface area contributed by atoms with Crippen molar-refractivity contribution in [2.75, 3.05) is 0 Å². The molecule has 0 radical (unpaired) electrons. The van der Waals surface area contributed by atoms with E-state index in [0.717, 1.165) is 23.5 Å². The van der Waals surface area contributed by atoms with Gasteiger partial charge in [0.15, 0.2) is 15.7 Å². The summed E-state index contributed by atoms with van der Waals surface area (Å²) in [5.41, 5.74) is -0.126. The molecule has 9 heteroatoms. The van der Waals surface area contributed by atoms with Crippen molar-refractivity contribution >= 4 is 38.7 Å². The fourth-order valence-corrected chi connectivity index (χ4v) is 4.47. The van der Waals surface area contributed by atoms with Gasteiger partial charge in [0.1, 0.15) is 15.7 Å². The number of aromatic nitrogens is 1. The minimum atomic E-state index is -4.08. The molecule has 0 amide bonds. The topological polar surface area (TPSA) is 84.3 Å². The van der Waals surface area contributed by atoms with Gasteiger partial charge < -0.3 is 5.11 Å². The molecule has 0 atom stereocenters. The Labute approximate surface area is 128 Å². The van der Waals surface area contributed by atoms with Crippen LogP contribution in [-0.4, -0.2) is 24.5 Å². The van der Waals surface area contributed by atoms with Gasteiger partial charge in [-0.3, -0.25) is 0 Å². The molecule has 21 heavy (non-hydrogen) atoms. The van der Waals surface area contributed by atoms with E-state index in [1.54, 1.807) is 12.3 Å². The largest absolute Gasteiger partial charge is 0.478 e. The molecule has 1 aromatic heterocycles. The molecule has 0 unspecified atom stereocenters. The minimum absolute atomic E-state index is 0.164. The van der Waals surface area contributed by atoms with E-state index in [1.165, 1.54) is 0 Å². The Morgan fingerprint density at radius 2 is 2.14 bits per heavy atom. The Morgan fingerprint density at radius 3 is 2.67 bits per heavy atom. The van der Waals surface area contributed by atoms with E-state index in [0.29, 0.717) is 10.7 Å². The van der Waals surface area contributed by atoms with Gasteiger partial charge in [0.2, 0.25) is 0 Å². The molecule has 2 rings (SSSR count). The van der Waals surface area contributed by atoms with Gasteiger partial charge in [-0.25, -0.2) is 22.6 Å². The maximum atomic E-state index is 14.1. The zero-order valence-electron chi connectivity index (χ0n) is 10.6. The number of thiazole rings is 1. The number of carbonyl (C=O) groups is 1. The molecule has 1 heterocycles. The van der Waals surface area contributed by atoms with Crippen LogP contribution in [0.4, 0.5) is 4.39 Å². The Balaban J connectivity index is 2.52. The molecule has 5 nitrogen and oxygen atoms in total. The molecule has 112 valence electrons. The molecular formula is C12H9ClFNO4S2. The number of rotatable bonds is 4. The quantitative estimate of drug-likeness (QED) is 0.917. The number of carboxylic acids is 1. The molecule has 1 N–H and O–H groups in total. The Morgan fingerprint density at radius 1 is 1.48 bits per heavy atom. The molecule has 0 bridgehead atoms. The summed E-state index contributed by atoms with van der Waals surface area (Å²) in [6.45, 7) is 1.70. The van der Waals surface area contributed by atoms with Gasteiger partial charge in [0.25, 0.3) is 0 Å². The highest BCUT2D eigenvalue weighted by Crippen LogP contribution is 2.27. The molecule has 0 aliphatic rings. The van der Waals surface area contributed by atoms with Gasteiger partial charge in [0.05, 0.1) is 5.56 Å². The van der Waals surface area contributed by atoms with Crippen LogP contribution in [0.2, 0.25) is 5.02 Å². The van der Waals surface area contributed by atoms with Gasteiger partial charge in [-0.2, -0.15) is 0 Å². The highest BCUT2D eigenvalue weighted by molar-refractivity contribution is 7.90. The molecule has 0 aliphatic carbocycles. The highest BCUT2D eigenvalue weighted by atomic mass is 35.5. The summed E-state index contributed by atoms with van der Waals surface area (Å²) < 4.78 is 38.5. The summed E-state index contributed by atoms with van der Waals surface area (Å²) in [5.74, 6) is -3.42. The number of benzene rings is 1. The molecule has 0 saturated carbocycles. The van der Waals surface area contributed by atoms with Crippen LogP contribution in [0, 0.1) is 12.7 Å². The number of carboxylic acid groups (broad SMARTS) is 1. The molecule has 2 aromatic rings. The van der Waals surface area contributed by atoms with Crippen LogP contribution in [0.3, 0.4) is 0 Å². The predicted molar refractivity (Wildman–Crippen MR) is 76.1 cm³/mol. The second kappa shape index (κ2) is 5.70. The summed E-state index contributed by atoms with van der Waals surface area (Å²) in [4.78, 5) is 14.2. The molecule has 0 aliphatic heterocycles. The average Bonchev–Trinajstić information content (AvgIpc) is 2.76. The Hall–Kier alpha value is -1.51. The maximum Gasteiger partial charge on any atom is 0.338 e. The zero-order valence-corrected chi connectivity index (χ0v) is 13.0. The number of hydrogen-bond donors (Lipinski definition) is 1. The van der Waals surface area contributed by atoms with E-state index in [2.05, 4.69) is 4.98 Å². The smallest absolute Gasteiger partial charge is 0.338 e. The van der Waals surface area contributed by atoms with E-state index in [-0.39, 0.29) is 5.02 Å². The molecular weight excluding hydrogens is 341 g/mol. The van der Waals surface area contributed by atoms with Crippen LogP contribution in [0.1, 0.15) is 21.1 Å². The Bertz CT molecular complexity index is 817. The normalized spacial score (nSPS) is 11.6. The number of nitrogens with zero attached hydrogens (tertiary/aromatic N) is 1.